The predicted molar refractivity (Wildman–Crippen MR) is 112 cm³/mol. The van der Waals surface area contributed by atoms with Crippen molar-refractivity contribution in [3.05, 3.63) is 52.6 Å². The summed E-state index contributed by atoms with van der Waals surface area (Å²) < 4.78 is 14.8. The highest BCUT2D eigenvalue weighted by molar-refractivity contribution is 14.0. The first-order valence-electron chi connectivity index (χ1n) is 8.37. The minimum atomic E-state index is -0.744. The van der Waals surface area contributed by atoms with E-state index in [0.717, 1.165) is 17.0 Å². The van der Waals surface area contributed by atoms with E-state index < -0.39 is 6.10 Å². The van der Waals surface area contributed by atoms with E-state index in [1.54, 1.807) is 12.1 Å². The van der Waals surface area contributed by atoms with Crippen molar-refractivity contribution < 1.29 is 9.50 Å². The predicted octanol–water partition coefficient (Wildman–Crippen LogP) is 2.58. The van der Waals surface area contributed by atoms with Crippen LogP contribution in [-0.4, -0.2) is 33.9 Å². The van der Waals surface area contributed by atoms with Gasteiger partial charge < -0.3 is 15.7 Å². The zero-order valence-corrected chi connectivity index (χ0v) is 17.9. The van der Waals surface area contributed by atoms with Crippen molar-refractivity contribution in [1.29, 1.82) is 0 Å². The van der Waals surface area contributed by atoms with E-state index >= 15 is 0 Å². The van der Waals surface area contributed by atoms with Gasteiger partial charge in [-0.2, -0.15) is 5.10 Å². The molecule has 0 aliphatic rings. The van der Waals surface area contributed by atoms with Gasteiger partial charge in [0.05, 0.1) is 18.3 Å². The van der Waals surface area contributed by atoms with Crippen LogP contribution in [0, 0.1) is 19.7 Å². The van der Waals surface area contributed by atoms with Crippen LogP contribution in [0.3, 0.4) is 0 Å². The lowest BCUT2D eigenvalue weighted by atomic mass is 10.1. The molecule has 6 nitrogen and oxygen atoms in total. The number of benzene rings is 1. The number of hydrogen-bond donors (Lipinski definition) is 3. The molecule has 26 heavy (non-hydrogen) atoms. The average Bonchev–Trinajstić information content (AvgIpc) is 2.83. The fraction of sp³-hybridized carbons (Fsp3) is 0.444. The quantitative estimate of drug-likeness (QED) is 0.341. The summed E-state index contributed by atoms with van der Waals surface area (Å²) in [7, 11) is 1.91. The van der Waals surface area contributed by atoms with Crippen molar-refractivity contribution in [3.63, 3.8) is 0 Å². The number of aromatic nitrogens is 2. The van der Waals surface area contributed by atoms with Gasteiger partial charge in [0, 0.05) is 31.4 Å². The number of nitrogens with one attached hydrogen (secondary N) is 2. The molecule has 0 saturated carbocycles. The van der Waals surface area contributed by atoms with E-state index in [2.05, 4.69) is 20.7 Å². The Morgan fingerprint density at radius 3 is 2.46 bits per heavy atom. The van der Waals surface area contributed by atoms with Crippen molar-refractivity contribution >= 4 is 29.9 Å². The van der Waals surface area contributed by atoms with Crippen LogP contribution in [0.1, 0.15) is 35.5 Å². The molecule has 0 bridgehead atoms. The highest BCUT2D eigenvalue weighted by Gasteiger charge is 2.11. The van der Waals surface area contributed by atoms with Crippen LogP contribution in [-0.2, 0) is 13.6 Å². The number of nitrogens with zero attached hydrogens (tertiary/aromatic N) is 3. The van der Waals surface area contributed by atoms with Gasteiger partial charge in [0.1, 0.15) is 5.82 Å². The molecule has 1 heterocycles. The third-order valence-electron chi connectivity index (χ3n) is 4.12. The molecule has 0 aliphatic heterocycles. The maximum atomic E-state index is 13.0. The molecule has 0 fully saturated rings. The molecule has 1 aromatic heterocycles. The summed E-state index contributed by atoms with van der Waals surface area (Å²) in [4.78, 5) is 4.57. The van der Waals surface area contributed by atoms with Crippen molar-refractivity contribution in [3.8, 4) is 0 Å². The van der Waals surface area contributed by atoms with E-state index in [-0.39, 0.29) is 36.3 Å². The number of hydrogen-bond acceptors (Lipinski definition) is 3. The third kappa shape index (κ3) is 5.94. The largest absolute Gasteiger partial charge is 0.387 e. The standard InChI is InChI=1S/C18H26FN5O.HI/c1-5-20-18(21-10-16-12(2)23-24(4)13(16)3)22-11-17(25)14-6-8-15(19)9-7-14;/h6-9,17,25H,5,10-11H2,1-4H3,(H2,20,21,22);1H. The topological polar surface area (TPSA) is 74.5 Å². The lowest BCUT2D eigenvalue weighted by Gasteiger charge is -2.15. The van der Waals surface area contributed by atoms with Crippen molar-refractivity contribution in [2.24, 2.45) is 12.0 Å². The third-order valence-corrected chi connectivity index (χ3v) is 4.12. The number of guanidine groups is 1. The summed E-state index contributed by atoms with van der Waals surface area (Å²) in [5.74, 6) is 0.298. The molecule has 0 amide bonds. The average molecular weight is 475 g/mol. The first-order valence-corrected chi connectivity index (χ1v) is 8.37. The van der Waals surface area contributed by atoms with Gasteiger partial charge >= 0.3 is 0 Å². The molecule has 0 aliphatic carbocycles. The molecular weight excluding hydrogens is 448 g/mol. The van der Waals surface area contributed by atoms with Gasteiger partial charge in [0.15, 0.2) is 5.96 Å². The van der Waals surface area contributed by atoms with Crippen LogP contribution < -0.4 is 10.6 Å². The number of aliphatic hydroxyl groups is 1. The number of rotatable bonds is 6. The van der Waals surface area contributed by atoms with E-state index in [1.807, 2.05) is 32.5 Å². The fourth-order valence-electron chi connectivity index (χ4n) is 2.54. The Labute approximate surface area is 170 Å². The molecule has 2 aromatic rings. The molecule has 8 heteroatoms. The molecule has 2 rings (SSSR count). The van der Waals surface area contributed by atoms with E-state index in [4.69, 9.17) is 0 Å². The minimum absolute atomic E-state index is 0. The van der Waals surface area contributed by atoms with E-state index in [9.17, 15) is 9.50 Å². The number of halogens is 2. The summed E-state index contributed by atoms with van der Waals surface area (Å²) in [5.41, 5.74) is 3.80. The minimum Gasteiger partial charge on any atom is -0.387 e. The second kappa shape index (κ2) is 10.5. The second-order valence-corrected chi connectivity index (χ2v) is 5.92. The molecule has 3 N–H and O–H groups in total. The van der Waals surface area contributed by atoms with Gasteiger partial charge in [-0.25, -0.2) is 9.38 Å². The Balaban J connectivity index is 0.00000338. The molecular formula is C18H27FIN5O. The Bertz CT molecular complexity index is 730. The molecule has 1 unspecified atom stereocenters. The number of aliphatic hydroxyl groups excluding tert-OH is 1. The zero-order chi connectivity index (χ0) is 18.4. The normalized spacial score (nSPS) is 12.5. The monoisotopic (exact) mass is 475 g/mol. The summed E-state index contributed by atoms with van der Waals surface area (Å²) >= 11 is 0. The highest BCUT2D eigenvalue weighted by atomic mass is 127. The Morgan fingerprint density at radius 2 is 1.92 bits per heavy atom. The van der Waals surface area contributed by atoms with Crippen LogP contribution in [0.2, 0.25) is 0 Å². The SMILES string of the molecule is CCNC(=NCc1c(C)nn(C)c1C)NCC(O)c1ccc(F)cc1.I. The lowest BCUT2D eigenvalue weighted by molar-refractivity contribution is 0.180. The van der Waals surface area contributed by atoms with Gasteiger partial charge in [0.25, 0.3) is 0 Å². The summed E-state index contributed by atoms with van der Waals surface area (Å²) in [5, 5.41) is 20.9. The molecule has 0 saturated heterocycles. The Morgan fingerprint density at radius 1 is 1.27 bits per heavy atom. The highest BCUT2D eigenvalue weighted by Crippen LogP contribution is 2.14. The first kappa shape index (κ1) is 22.4. The number of aliphatic imine (C=N–C) groups is 1. The van der Waals surface area contributed by atoms with Gasteiger partial charge in [0.2, 0.25) is 0 Å². The summed E-state index contributed by atoms with van der Waals surface area (Å²) in [6, 6.07) is 5.83. The van der Waals surface area contributed by atoms with Gasteiger partial charge in [-0.3, -0.25) is 4.68 Å². The van der Waals surface area contributed by atoms with Crippen molar-refractivity contribution in [1.82, 2.24) is 20.4 Å². The van der Waals surface area contributed by atoms with Crippen LogP contribution in [0.4, 0.5) is 4.39 Å². The molecule has 1 aromatic carbocycles. The van der Waals surface area contributed by atoms with E-state index in [0.29, 0.717) is 24.6 Å². The molecule has 0 radical (unpaired) electrons. The van der Waals surface area contributed by atoms with Gasteiger partial charge in [-0.05, 0) is 38.5 Å². The van der Waals surface area contributed by atoms with Crippen molar-refractivity contribution in [2.45, 2.75) is 33.4 Å². The maximum Gasteiger partial charge on any atom is 0.191 e. The summed E-state index contributed by atoms with van der Waals surface area (Å²) in [6.07, 6.45) is -0.744. The Kier molecular flexibility index (Phi) is 9.00. The maximum absolute atomic E-state index is 13.0. The Hall–Kier alpha value is -1.68. The second-order valence-electron chi connectivity index (χ2n) is 5.92. The lowest BCUT2D eigenvalue weighted by Crippen LogP contribution is -2.39. The van der Waals surface area contributed by atoms with Crippen LogP contribution in [0.25, 0.3) is 0 Å². The van der Waals surface area contributed by atoms with Gasteiger partial charge in [-0.15, -0.1) is 24.0 Å². The van der Waals surface area contributed by atoms with Crippen LogP contribution in [0.15, 0.2) is 29.3 Å². The molecule has 1 atom stereocenters. The first-order chi connectivity index (χ1) is 11.9. The fourth-order valence-corrected chi connectivity index (χ4v) is 2.54. The summed E-state index contributed by atoms with van der Waals surface area (Å²) in [6.45, 7) is 7.47. The molecule has 144 valence electrons. The molecule has 0 spiro atoms. The smallest absolute Gasteiger partial charge is 0.191 e. The zero-order valence-electron chi connectivity index (χ0n) is 15.6. The van der Waals surface area contributed by atoms with Crippen LogP contribution in [0.5, 0.6) is 0 Å². The van der Waals surface area contributed by atoms with E-state index in [1.165, 1.54) is 12.1 Å². The van der Waals surface area contributed by atoms with Gasteiger partial charge in [-0.1, -0.05) is 12.1 Å². The van der Waals surface area contributed by atoms with Crippen molar-refractivity contribution in [2.75, 3.05) is 13.1 Å². The number of aryl methyl sites for hydroxylation is 2. The van der Waals surface area contributed by atoms with Crippen LogP contribution >= 0.6 is 24.0 Å².